The molecule has 0 amide bonds. The van der Waals surface area contributed by atoms with Gasteiger partial charge in [0.2, 0.25) is 0 Å². The summed E-state index contributed by atoms with van der Waals surface area (Å²) in [5.74, 6) is 0.820. The first-order chi connectivity index (χ1) is 15.3. The van der Waals surface area contributed by atoms with Crippen LogP contribution in [-0.2, 0) is 4.74 Å². The fourth-order valence-electron chi connectivity index (χ4n) is 4.68. The van der Waals surface area contributed by atoms with Gasteiger partial charge < -0.3 is 4.74 Å². The maximum Gasteiger partial charge on any atom is 0.0494 e. The molecule has 0 saturated carbocycles. The van der Waals surface area contributed by atoms with E-state index in [1.807, 2.05) is 0 Å². The Labute approximate surface area is 198 Å². The largest absolute Gasteiger partial charge is 0.381 e. The second kappa shape index (κ2) is 28.0. The van der Waals surface area contributed by atoms with Crippen LogP contribution >= 0.6 is 0 Å². The molecule has 0 aromatic rings. The zero-order valence-electron chi connectivity index (χ0n) is 22.4. The minimum absolute atomic E-state index is 0.820. The van der Waals surface area contributed by atoms with Gasteiger partial charge in [-0.1, -0.05) is 156 Å². The van der Waals surface area contributed by atoms with Gasteiger partial charge in [-0.15, -0.1) is 0 Å². The normalized spacial score (nSPS) is 12.5. The molecule has 0 rings (SSSR count). The Kier molecular flexibility index (Phi) is 28.0. The van der Waals surface area contributed by atoms with Gasteiger partial charge in [0.05, 0.1) is 0 Å². The molecule has 1 unspecified atom stereocenters. The predicted molar refractivity (Wildman–Crippen MR) is 142 cm³/mol. The van der Waals surface area contributed by atoms with Crippen molar-refractivity contribution in [3.8, 4) is 0 Å². The highest BCUT2D eigenvalue weighted by molar-refractivity contribution is 4.61. The van der Waals surface area contributed by atoms with Crippen LogP contribution in [0.15, 0.2) is 0 Å². The van der Waals surface area contributed by atoms with Crippen LogP contribution in [0, 0.1) is 5.92 Å². The van der Waals surface area contributed by atoms with Gasteiger partial charge in [0.15, 0.2) is 0 Å². The Morgan fingerprint density at radius 3 is 1.10 bits per heavy atom. The minimum Gasteiger partial charge on any atom is -0.381 e. The molecule has 1 heteroatoms. The standard InChI is InChI=1S/C30H62O/c1-4-7-10-13-15-17-18-20-22-24-27-30(29-31-28-25-12-9-6-3)26-23-21-19-16-14-11-8-5-2/h30H,4-29H2,1-3H3. The second-order valence-electron chi connectivity index (χ2n) is 10.2. The van der Waals surface area contributed by atoms with Crippen molar-refractivity contribution in [1.82, 2.24) is 0 Å². The fourth-order valence-corrected chi connectivity index (χ4v) is 4.68. The van der Waals surface area contributed by atoms with E-state index >= 15 is 0 Å². The Bertz CT molecular complexity index is 301. The van der Waals surface area contributed by atoms with Crippen LogP contribution in [0.2, 0.25) is 0 Å². The van der Waals surface area contributed by atoms with Gasteiger partial charge in [0.25, 0.3) is 0 Å². The van der Waals surface area contributed by atoms with Crippen LogP contribution in [0.1, 0.15) is 175 Å². The summed E-state index contributed by atoms with van der Waals surface area (Å²) in [7, 11) is 0. The van der Waals surface area contributed by atoms with Crippen LogP contribution < -0.4 is 0 Å². The molecule has 0 radical (unpaired) electrons. The van der Waals surface area contributed by atoms with E-state index in [-0.39, 0.29) is 0 Å². The molecule has 1 nitrogen and oxygen atoms in total. The highest BCUT2D eigenvalue weighted by Crippen LogP contribution is 2.20. The van der Waals surface area contributed by atoms with Gasteiger partial charge in [0, 0.05) is 13.2 Å². The SMILES string of the molecule is CCCCCCCCCCCCC(CCCCCCCCCC)COCCCCCC. The zero-order chi connectivity index (χ0) is 22.7. The lowest BCUT2D eigenvalue weighted by atomic mass is 9.94. The molecule has 0 aromatic heterocycles. The summed E-state index contributed by atoms with van der Waals surface area (Å²) in [5.41, 5.74) is 0. The van der Waals surface area contributed by atoms with Crippen LogP contribution in [0.5, 0.6) is 0 Å². The quantitative estimate of drug-likeness (QED) is 0.116. The Morgan fingerprint density at radius 2 is 0.710 bits per heavy atom. The van der Waals surface area contributed by atoms with Crippen molar-refractivity contribution in [1.29, 1.82) is 0 Å². The number of rotatable bonds is 27. The maximum absolute atomic E-state index is 6.11. The van der Waals surface area contributed by atoms with E-state index in [0.29, 0.717) is 0 Å². The van der Waals surface area contributed by atoms with E-state index in [0.717, 1.165) is 19.1 Å². The third-order valence-corrected chi connectivity index (χ3v) is 6.93. The number of hydrogen-bond acceptors (Lipinski definition) is 1. The Morgan fingerprint density at radius 1 is 0.387 bits per heavy atom. The summed E-state index contributed by atoms with van der Waals surface area (Å²) < 4.78 is 6.11. The van der Waals surface area contributed by atoms with Gasteiger partial charge in [-0.25, -0.2) is 0 Å². The van der Waals surface area contributed by atoms with E-state index in [4.69, 9.17) is 4.74 Å². The summed E-state index contributed by atoms with van der Waals surface area (Å²) in [6, 6.07) is 0. The average Bonchev–Trinajstić information content (AvgIpc) is 2.78. The Balaban J connectivity index is 3.78. The smallest absolute Gasteiger partial charge is 0.0494 e. The molecule has 0 aliphatic rings. The van der Waals surface area contributed by atoms with E-state index in [1.165, 1.54) is 154 Å². The minimum atomic E-state index is 0.820. The molecule has 0 aromatic carbocycles. The third-order valence-electron chi connectivity index (χ3n) is 6.93. The molecule has 31 heavy (non-hydrogen) atoms. The first-order valence-corrected chi connectivity index (χ1v) is 14.9. The van der Waals surface area contributed by atoms with Gasteiger partial charge >= 0.3 is 0 Å². The van der Waals surface area contributed by atoms with Crippen LogP contribution in [-0.4, -0.2) is 13.2 Å². The molecule has 0 heterocycles. The van der Waals surface area contributed by atoms with Crippen molar-refractivity contribution >= 4 is 0 Å². The molecule has 0 aliphatic heterocycles. The topological polar surface area (TPSA) is 9.23 Å². The lowest BCUT2D eigenvalue weighted by molar-refractivity contribution is 0.0879. The lowest BCUT2D eigenvalue weighted by Gasteiger charge is -2.17. The molecular weight excluding hydrogens is 376 g/mol. The lowest BCUT2D eigenvalue weighted by Crippen LogP contribution is -2.11. The van der Waals surface area contributed by atoms with Crippen LogP contribution in [0.3, 0.4) is 0 Å². The first-order valence-electron chi connectivity index (χ1n) is 14.9. The average molecular weight is 439 g/mol. The highest BCUT2D eigenvalue weighted by Gasteiger charge is 2.09. The molecular formula is C30H62O. The van der Waals surface area contributed by atoms with Gasteiger partial charge in [0.1, 0.15) is 0 Å². The van der Waals surface area contributed by atoms with Crippen molar-refractivity contribution in [2.24, 2.45) is 5.92 Å². The van der Waals surface area contributed by atoms with Crippen molar-refractivity contribution in [3.05, 3.63) is 0 Å². The van der Waals surface area contributed by atoms with E-state index in [1.54, 1.807) is 0 Å². The van der Waals surface area contributed by atoms with Crippen LogP contribution in [0.25, 0.3) is 0 Å². The van der Waals surface area contributed by atoms with Gasteiger partial charge in [-0.3, -0.25) is 0 Å². The summed E-state index contributed by atoms with van der Waals surface area (Å²) in [6.07, 6.45) is 34.0. The van der Waals surface area contributed by atoms with E-state index in [2.05, 4.69) is 20.8 Å². The molecule has 0 spiro atoms. The molecule has 0 saturated heterocycles. The molecule has 0 aliphatic carbocycles. The van der Waals surface area contributed by atoms with Gasteiger partial charge in [-0.2, -0.15) is 0 Å². The first kappa shape index (κ1) is 31.0. The highest BCUT2D eigenvalue weighted by atomic mass is 16.5. The van der Waals surface area contributed by atoms with Crippen molar-refractivity contribution in [2.75, 3.05) is 13.2 Å². The zero-order valence-corrected chi connectivity index (χ0v) is 22.4. The van der Waals surface area contributed by atoms with E-state index < -0.39 is 0 Å². The molecule has 0 bridgehead atoms. The van der Waals surface area contributed by atoms with E-state index in [9.17, 15) is 0 Å². The molecule has 1 atom stereocenters. The fraction of sp³-hybridized carbons (Fsp3) is 1.00. The Hall–Kier alpha value is -0.0400. The summed E-state index contributed by atoms with van der Waals surface area (Å²) in [5, 5.41) is 0. The predicted octanol–water partition coefficient (Wildman–Crippen LogP) is 11.0. The van der Waals surface area contributed by atoms with Crippen molar-refractivity contribution in [3.63, 3.8) is 0 Å². The molecule has 0 N–H and O–H groups in total. The summed E-state index contributed by atoms with van der Waals surface area (Å²) in [6.45, 7) is 8.92. The number of hydrogen-bond donors (Lipinski definition) is 0. The van der Waals surface area contributed by atoms with Crippen LogP contribution in [0.4, 0.5) is 0 Å². The second-order valence-corrected chi connectivity index (χ2v) is 10.2. The van der Waals surface area contributed by atoms with Crippen molar-refractivity contribution in [2.45, 2.75) is 175 Å². The third kappa shape index (κ3) is 26.1. The summed E-state index contributed by atoms with van der Waals surface area (Å²) in [4.78, 5) is 0. The number of ether oxygens (including phenoxy) is 1. The monoisotopic (exact) mass is 438 g/mol. The molecule has 188 valence electrons. The van der Waals surface area contributed by atoms with Gasteiger partial charge in [-0.05, 0) is 25.2 Å². The van der Waals surface area contributed by atoms with Crippen molar-refractivity contribution < 1.29 is 4.74 Å². The summed E-state index contributed by atoms with van der Waals surface area (Å²) >= 11 is 0. The number of unbranched alkanes of at least 4 members (excludes halogenated alkanes) is 19. The maximum atomic E-state index is 6.11. The molecule has 0 fully saturated rings.